The molecule has 0 bridgehead atoms. The van der Waals surface area contributed by atoms with E-state index < -0.39 is 5.60 Å². The van der Waals surface area contributed by atoms with Gasteiger partial charge in [0.25, 0.3) is 0 Å². The third kappa shape index (κ3) is 4.63. The number of benzene rings is 1. The van der Waals surface area contributed by atoms with Gasteiger partial charge in [0.2, 0.25) is 0 Å². The van der Waals surface area contributed by atoms with E-state index in [2.05, 4.69) is 15.9 Å². The summed E-state index contributed by atoms with van der Waals surface area (Å²) in [5, 5.41) is 10.3. The Morgan fingerprint density at radius 2 is 2.28 bits per heavy atom. The predicted octanol–water partition coefficient (Wildman–Crippen LogP) is 3.17. The quantitative estimate of drug-likeness (QED) is 0.671. The molecule has 1 unspecified atom stereocenters. The summed E-state index contributed by atoms with van der Waals surface area (Å²) >= 11 is 3.36. The second-order valence-corrected chi connectivity index (χ2v) is 5.06. The number of aliphatic hydroxyl groups is 1. The van der Waals surface area contributed by atoms with Crippen LogP contribution in [0.25, 0.3) is 0 Å². The van der Waals surface area contributed by atoms with Gasteiger partial charge in [-0.15, -0.1) is 0 Å². The second kappa shape index (κ2) is 6.71. The van der Waals surface area contributed by atoms with Crippen LogP contribution in [-0.4, -0.2) is 17.7 Å². The van der Waals surface area contributed by atoms with E-state index in [1.165, 1.54) is 6.08 Å². The van der Waals surface area contributed by atoms with Gasteiger partial charge in [-0.1, -0.05) is 34.1 Å². The first-order chi connectivity index (χ1) is 8.45. The van der Waals surface area contributed by atoms with Gasteiger partial charge in [-0.25, -0.2) is 4.79 Å². The van der Waals surface area contributed by atoms with E-state index in [0.717, 1.165) is 10.0 Å². The van der Waals surface area contributed by atoms with Crippen molar-refractivity contribution in [3.05, 3.63) is 46.5 Å². The molecule has 0 radical (unpaired) electrons. The lowest BCUT2D eigenvalue weighted by molar-refractivity contribution is -0.137. The van der Waals surface area contributed by atoms with Gasteiger partial charge < -0.3 is 9.84 Å². The van der Waals surface area contributed by atoms with E-state index in [1.807, 2.05) is 24.3 Å². The minimum Gasteiger partial charge on any atom is -0.463 e. The van der Waals surface area contributed by atoms with Gasteiger partial charge in [0.05, 0.1) is 12.2 Å². The van der Waals surface area contributed by atoms with Gasteiger partial charge >= 0.3 is 5.97 Å². The Balaban J connectivity index is 2.67. The number of esters is 1. The molecule has 4 heteroatoms. The van der Waals surface area contributed by atoms with Crippen LogP contribution in [0.4, 0.5) is 0 Å². The van der Waals surface area contributed by atoms with E-state index >= 15 is 0 Å². The molecule has 0 aliphatic carbocycles. The number of halogens is 1. The van der Waals surface area contributed by atoms with Gasteiger partial charge in [-0.3, -0.25) is 0 Å². The predicted molar refractivity (Wildman–Crippen MR) is 74.1 cm³/mol. The first-order valence-electron chi connectivity index (χ1n) is 5.77. The van der Waals surface area contributed by atoms with Crippen LogP contribution in [-0.2, 0) is 15.1 Å². The lowest BCUT2D eigenvalue weighted by Gasteiger charge is -2.22. The van der Waals surface area contributed by atoms with Gasteiger partial charge in [-0.2, -0.15) is 0 Å². The van der Waals surface area contributed by atoms with Gasteiger partial charge in [0, 0.05) is 10.5 Å². The zero-order valence-electron chi connectivity index (χ0n) is 10.5. The van der Waals surface area contributed by atoms with Crippen LogP contribution in [0, 0.1) is 0 Å². The first-order valence-corrected chi connectivity index (χ1v) is 6.56. The lowest BCUT2D eigenvalue weighted by atomic mass is 9.92. The highest BCUT2D eigenvalue weighted by Crippen LogP contribution is 2.27. The Morgan fingerprint density at radius 3 is 2.89 bits per heavy atom. The minimum atomic E-state index is -1.01. The topological polar surface area (TPSA) is 46.5 Å². The van der Waals surface area contributed by atoms with Gasteiger partial charge in [0.1, 0.15) is 0 Å². The minimum absolute atomic E-state index is 0.349. The fourth-order valence-electron chi connectivity index (χ4n) is 1.52. The summed E-state index contributed by atoms with van der Waals surface area (Å²) in [5.74, 6) is -0.387. The van der Waals surface area contributed by atoms with Crippen molar-refractivity contribution >= 4 is 21.9 Å². The molecule has 1 rings (SSSR count). The highest BCUT2D eigenvalue weighted by atomic mass is 79.9. The Bertz CT molecular complexity index is 438. The van der Waals surface area contributed by atoms with Crippen LogP contribution >= 0.6 is 15.9 Å². The van der Waals surface area contributed by atoms with E-state index in [1.54, 1.807) is 19.9 Å². The van der Waals surface area contributed by atoms with Crippen LogP contribution in [0.2, 0.25) is 0 Å². The zero-order chi connectivity index (χ0) is 13.6. The van der Waals surface area contributed by atoms with Crippen LogP contribution in [0.3, 0.4) is 0 Å². The van der Waals surface area contributed by atoms with Crippen molar-refractivity contribution in [3.63, 3.8) is 0 Å². The Labute approximate surface area is 116 Å². The molecular formula is C14H17BrO3. The van der Waals surface area contributed by atoms with Crippen LogP contribution in [0.1, 0.15) is 25.8 Å². The molecule has 0 aliphatic rings. The summed E-state index contributed by atoms with van der Waals surface area (Å²) in [6.07, 6.45) is 3.32. The number of hydrogen-bond acceptors (Lipinski definition) is 3. The van der Waals surface area contributed by atoms with Gasteiger partial charge in [-0.05, 0) is 38.0 Å². The molecule has 0 fully saturated rings. The molecule has 0 spiro atoms. The van der Waals surface area contributed by atoms with E-state index in [0.29, 0.717) is 13.0 Å². The highest BCUT2D eigenvalue weighted by Gasteiger charge is 2.21. The van der Waals surface area contributed by atoms with Crippen molar-refractivity contribution in [1.29, 1.82) is 0 Å². The summed E-state index contributed by atoms with van der Waals surface area (Å²) in [4.78, 5) is 11.1. The first kappa shape index (κ1) is 14.9. The number of ether oxygens (including phenoxy) is 1. The molecule has 0 aliphatic heterocycles. The molecule has 0 aromatic heterocycles. The number of carbonyl (C=O) groups excluding carboxylic acids is 1. The smallest absolute Gasteiger partial charge is 0.330 e. The molecule has 18 heavy (non-hydrogen) atoms. The molecule has 98 valence electrons. The maximum atomic E-state index is 11.1. The third-order valence-corrected chi connectivity index (χ3v) is 3.00. The summed E-state index contributed by atoms with van der Waals surface area (Å²) in [6, 6.07) is 7.47. The molecule has 1 atom stereocenters. The lowest BCUT2D eigenvalue weighted by Crippen LogP contribution is -2.20. The van der Waals surface area contributed by atoms with Crippen LogP contribution in [0.15, 0.2) is 40.9 Å². The van der Waals surface area contributed by atoms with Gasteiger partial charge in [0.15, 0.2) is 0 Å². The number of rotatable bonds is 5. The van der Waals surface area contributed by atoms with Crippen molar-refractivity contribution in [3.8, 4) is 0 Å². The molecule has 0 saturated carbocycles. The Hall–Kier alpha value is -1.13. The largest absolute Gasteiger partial charge is 0.463 e. The molecule has 1 aromatic rings. The summed E-state index contributed by atoms with van der Waals surface area (Å²) < 4.78 is 5.68. The average Bonchev–Trinajstić information content (AvgIpc) is 2.29. The fourth-order valence-corrected chi connectivity index (χ4v) is 1.92. The van der Waals surface area contributed by atoms with E-state index in [4.69, 9.17) is 4.74 Å². The van der Waals surface area contributed by atoms with Crippen molar-refractivity contribution in [2.75, 3.05) is 6.61 Å². The molecule has 1 aromatic carbocycles. The maximum absolute atomic E-state index is 11.1. The standard InChI is InChI=1S/C14H17BrO3/c1-3-18-13(16)8-5-9-14(2,17)11-6-4-7-12(15)10-11/h4-8,10,17H,3,9H2,1-2H3/b8-5+. The molecule has 0 saturated heterocycles. The Morgan fingerprint density at radius 1 is 1.56 bits per heavy atom. The van der Waals surface area contributed by atoms with E-state index in [9.17, 15) is 9.90 Å². The maximum Gasteiger partial charge on any atom is 0.330 e. The molecule has 0 heterocycles. The normalized spacial score (nSPS) is 14.4. The fraction of sp³-hybridized carbons (Fsp3) is 0.357. The molecule has 0 amide bonds. The van der Waals surface area contributed by atoms with Crippen LogP contribution < -0.4 is 0 Å². The SMILES string of the molecule is CCOC(=O)/C=C/CC(C)(O)c1cccc(Br)c1. The monoisotopic (exact) mass is 312 g/mol. The summed E-state index contributed by atoms with van der Waals surface area (Å²) in [5.41, 5.74) is -0.211. The van der Waals surface area contributed by atoms with Crippen molar-refractivity contribution in [2.24, 2.45) is 0 Å². The highest BCUT2D eigenvalue weighted by molar-refractivity contribution is 9.10. The van der Waals surface area contributed by atoms with Crippen molar-refractivity contribution in [2.45, 2.75) is 25.9 Å². The Kier molecular flexibility index (Phi) is 5.56. The average molecular weight is 313 g/mol. The van der Waals surface area contributed by atoms with E-state index in [-0.39, 0.29) is 5.97 Å². The molecule has 1 N–H and O–H groups in total. The second-order valence-electron chi connectivity index (χ2n) is 4.14. The number of carbonyl (C=O) groups is 1. The third-order valence-electron chi connectivity index (χ3n) is 2.50. The van der Waals surface area contributed by atoms with Crippen LogP contribution in [0.5, 0.6) is 0 Å². The molecule has 3 nitrogen and oxygen atoms in total. The van der Waals surface area contributed by atoms with Crippen molar-refractivity contribution < 1.29 is 14.6 Å². The summed E-state index contributed by atoms with van der Waals surface area (Å²) in [6.45, 7) is 3.82. The van der Waals surface area contributed by atoms with Crippen molar-refractivity contribution in [1.82, 2.24) is 0 Å². The zero-order valence-corrected chi connectivity index (χ0v) is 12.1. The summed E-state index contributed by atoms with van der Waals surface area (Å²) in [7, 11) is 0. The number of hydrogen-bond donors (Lipinski definition) is 1. The molecular weight excluding hydrogens is 296 g/mol.